The quantitative estimate of drug-likeness (QED) is 0.570. The number of halogens is 2. The number of thiophene rings is 1. The molecule has 0 saturated carbocycles. The third-order valence-corrected chi connectivity index (χ3v) is 3.68. The molecule has 0 N–H and O–H groups in total. The van der Waals surface area contributed by atoms with Crippen LogP contribution < -0.4 is 0 Å². The Morgan fingerprint density at radius 2 is 2.27 bits per heavy atom. The van der Waals surface area contributed by atoms with E-state index >= 15 is 0 Å². The fourth-order valence-corrected chi connectivity index (χ4v) is 2.47. The van der Waals surface area contributed by atoms with Crippen LogP contribution in [-0.4, -0.2) is 4.98 Å². The van der Waals surface area contributed by atoms with Crippen molar-refractivity contribution in [1.29, 1.82) is 0 Å². The number of nitrogens with zero attached hydrogens (tertiary/aromatic N) is 1. The molecule has 0 saturated heterocycles. The first-order valence-corrected chi connectivity index (χ1v) is 6.27. The molecule has 0 fully saturated rings. The summed E-state index contributed by atoms with van der Waals surface area (Å²) < 4.78 is 0. The maximum atomic E-state index is 6.01. The molecule has 78 valence electrons. The van der Waals surface area contributed by atoms with E-state index in [1.807, 2.05) is 30.5 Å². The van der Waals surface area contributed by atoms with Gasteiger partial charge in [-0.25, -0.2) is 4.98 Å². The number of aryl methyl sites for hydroxylation is 1. The molecule has 0 aliphatic carbocycles. The standard InChI is InChI=1S/C11H9Cl2NS/c1-7-5-8(6-12)10(14-11(7)13)9-3-2-4-15-9/h2-5H,6H2,1H3. The first-order valence-electron chi connectivity index (χ1n) is 4.48. The highest BCUT2D eigenvalue weighted by Gasteiger charge is 2.10. The molecule has 0 aliphatic rings. The van der Waals surface area contributed by atoms with Gasteiger partial charge in [-0.1, -0.05) is 17.7 Å². The van der Waals surface area contributed by atoms with E-state index in [1.54, 1.807) is 11.3 Å². The van der Waals surface area contributed by atoms with E-state index in [0.29, 0.717) is 11.0 Å². The summed E-state index contributed by atoms with van der Waals surface area (Å²) in [5.74, 6) is 0.457. The van der Waals surface area contributed by atoms with Gasteiger partial charge in [0.15, 0.2) is 0 Å². The molecule has 1 nitrogen and oxygen atoms in total. The monoisotopic (exact) mass is 257 g/mol. The Balaban J connectivity index is 2.60. The van der Waals surface area contributed by atoms with E-state index in [0.717, 1.165) is 21.7 Å². The molecule has 2 aromatic heterocycles. The van der Waals surface area contributed by atoms with E-state index in [9.17, 15) is 0 Å². The van der Waals surface area contributed by atoms with Crippen molar-refractivity contribution in [3.8, 4) is 10.6 Å². The van der Waals surface area contributed by atoms with Crippen molar-refractivity contribution in [2.45, 2.75) is 12.8 Å². The van der Waals surface area contributed by atoms with Gasteiger partial charge in [0.25, 0.3) is 0 Å². The van der Waals surface area contributed by atoms with Crippen molar-refractivity contribution in [2.24, 2.45) is 0 Å². The molecule has 4 heteroatoms. The Bertz CT molecular complexity index is 466. The van der Waals surface area contributed by atoms with Crippen LogP contribution in [0.15, 0.2) is 23.6 Å². The lowest BCUT2D eigenvalue weighted by atomic mass is 10.1. The molecule has 0 bridgehead atoms. The number of alkyl halides is 1. The second-order valence-corrected chi connectivity index (χ2v) is 4.79. The zero-order chi connectivity index (χ0) is 10.8. The fraction of sp³-hybridized carbons (Fsp3) is 0.182. The maximum absolute atomic E-state index is 6.01. The topological polar surface area (TPSA) is 12.9 Å². The molecule has 0 aromatic carbocycles. The molecule has 0 spiro atoms. The SMILES string of the molecule is Cc1cc(CCl)c(-c2cccs2)nc1Cl. The average molecular weight is 258 g/mol. The summed E-state index contributed by atoms with van der Waals surface area (Å²) in [5.41, 5.74) is 2.89. The Labute approximate surface area is 103 Å². The van der Waals surface area contributed by atoms with Crippen LogP contribution in [0.25, 0.3) is 10.6 Å². The number of aromatic nitrogens is 1. The summed E-state index contributed by atoms with van der Waals surface area (Å²) in [5, 5.41) is 2.57. The highest BCUT2D eigenvalue weighted by atomic mass is 35.5. The average Bonchev–Trinajstić information content (AvgIpc) is 2.74. The summed E-state index contributed by atoms with van der Waals surface area (Å²) in [7, 11) is 0. The van der Waals surface area contributed by atoms with Crippen LogP contribution >= 0.6 is 34.5 Å². The molecule has 15 heavy (non-hydrogen) atoms. The lowest BCUT2D eigenvalue weighted by Crippen LogP contribution is -1.92. The van der Waals surface area contributed by atoms with E-state index < -0.39 is 0 Å². The molecule has 0 radical (unpaired) electrons. The second kappa shape index (κ2) is 4.52. The second-order valence-electron chi connectivity index (χ2n) is 3.21. The number of rotatable bonds is 2. The van der Waals surface area contributed by atoms with Gasteiger partial charge >= 0.3 is 0 Å². The normalized spacial score (nSPS) is 10.6. The van der Waals surface area contributed by atoms with E-state index in [2.05, 4.69) is 4.98 Å². The number of pyridine rings is 1. The smallest absolute Gasteiger partial charge is 0.132 e. The molecule has 0 unspecified atom stereocenters. The van der Waals surface area contributed by atoms with Crippen molar-refractivity contribution in [3.05, 3.63) is 39.9 Å². The van der Waals surface area contributed by atoms with Gasteiger partial charge in [0, 0.05) is 5.88 Å². The van der Waals surface area contributed by atoms with Crippen molar-refractivity contribution < 1.29 is 0 Å². The van der Waals surface area contributed by atoms with Crippen LogP contribution in [0.2, 0.25) is 5.15 Å². The Morgan fingerprint density at radius 1 is 1.47 bits per heavy atom. The van der Waals surface area contributed by atoms with E-state index in [4.69, 9.17) is 23.2 Å². The van der Waals surface area contributed by atoms with Gasteiger partial charge in [-0.3, -0.25) is 0 Å². The summed E-state index contributed by atoms with van der Waals surface area (Å²) in [6.07, 6.45) is 0. The molecule has 2 rings (SSSR count). The molecule has 2 heterocycles. The minimum absolute atomic E-state index is 0.457. The Morgan fingerprint density at radius 3 is 2.87 bits per heavy atom. The van der Waals surface area contributed by atoms with Gasteiger partial charge in [-0.2, -0.15) is 0 Å². The van der Waals surface area contributed by atoms with E-state index in [-0.39, 0.29) is 0 Å². The highest BCUT2D eigenvalue weighted by molar-refractivity contribution is 7.13. The highest BCUT2D eigenvalue weighted by Crippen LogP contribution is 2.30. The van der Waals surface area contributed by atoms with Crippen molar-refractivity contribution >= 4 is 34.5 Å². The molecular weight excluding hydrogens is 249 g/mol. The van der Waals surface area contributed by atoms with Crippen LogP contribution in [0, 0.1) is 6.92 Å². The minimum Gasteiger partial charge on any atom is -0.235 e. The Hall–Kier alpha value is -0.570. The first kappa shape index (κ1) is 10.9. The Kier molecular flexibility index (Phi) is 3.29. The largest absolute Gasteiger partial charge is 0.235 e. The molecule has 0 aliphatic heterocycles. The van der Waals surface area contributed by atoms with Gasteiger partial charge in [0.2, 0.25) is 0 Å². The van der Waals surface area contributed by atoms with Crippen LogP contribution in [0.1, 0.15) is 11.1 Å². The van der Waals surface area contributed by atoms with Gasteiger partial charge in [-0.05, 0) is 35.6 Å². The third kappa shape index (κ3) is 2.17. The summed E-state index contributed by atoms with van der Waals surface area (Å²) in [6, 6.07) is 6.01. The number of hydrogen-bond acceptors (Lipinski definition) is 2. The molecular formula is C11H9Cl2NS. The molecule has 0 amide bonds. The van der Waals surface area contributed by atoms with Crippen LogP contribution in [-0.2, 0) is 5.88 Å². The van der Waals surface area contributed by atoms with Crippen molar-refractivity contribution in [1.82, 2.24) is 4.98 Å². The zero-order valence-electron chi connectivity index (χ0n) is 8.13. The molecule has 2 aromatic rings. The number of hydrogen-bond donors (Lipinski definition) is 0. The predicted octanol–water partition coefficient (Wildman–Crippen LogP) is 4.51. The lowest BCUT2D eigenvalue weighted by molar-refractivity contribution is 1.21. The van der Waals surface area contributed by atoms with Crippen LogP contribution in [0.5, 0.6) is 0 Å². The van der Waals surface area contributed by atoms with Crippen LogP contribution in [0.4, 0.5) is 0 Å². The van der Waals surface area contributed by atoms with Gasteiger partial charge < -0.3 is 0 Å². The fourth-order valence-electron chi connectivity index (χ4n) is 1.38. The van der Waals surface area contributed by atoms with Gasteiger partial charge in [-0.15, -0.1) is 22.9 Å². The van der Waals surface area contributed by atoms with Gasteiger partial charge in [0.1, 0.15) is 5.15 Å². The van der Waals surface area contributed by atoms with Crippen molar-refractivity contribution in [2.75, 3.05) is 0 Å². The molecule has 0 atom stereocenters. The van der Waals surface area contributed by atoms with Crippen LogP contribution in [0.3, 0.4) is 0 Å². The maximum Gasteiger partial charge on any atom is 0.132 e. The minimum atomic E-state index is 0.457. The van der Waals surface area contributed by atoms with E-state index in [1.165, 1.54) is 0 Å². The third-order valence-electron chi connectivity index (χ3n) is 2.13. The van der Waals surface area contributed by atoms with Gasteiger partial charge in [0.05, 0.1) is 10.6 Å². The van der Waals surface area contributed by atoms with Crippen molar-refractivity contribution in [3.63, 3.8) is 0 Å². The lowest BCUT2D eigenvalue weighted by Gasteiger charge is -2.06. The predicted molar refractivity (Wildman–Crippen MR) is 66.9 cm³/mol. The summed E-state index contributed by atoms with van der Waals surface area (Å²) in [6.45, 7) is 1.93. The summed E-state index contributed by atoms with van der Waals surface area (Å²) in [4.78, 5) is 5.48. The zero-order valence-corrected chi connectivity index (χ0v) is 10.5. The summed E-state index contributed by atoms with van der Waals surface area (Å²) >= 11 is 13.5. The first-order chi connectivity index (χ1) is 7.22.